The maximum atomic E-state index is 5.53. The van der Waals surface area contributed by atoms with Crippen LogP contribution in [0.15, 0.2) is 42.5 Å². The first-order valence-electron chi connectivity index (χ1n) is 5.85. The molecule has 0 atom stereocenters. The Morgan fingerprint density at radius 2 is 1.12 bits per heavy atom. The largest absolute Gasteiger partial charge is 0.399 e. The van der Waals surface area contributed by atoms with Crippen molar-refractivity contribution in [3.8, 4) is 0 Å². The van der Waals surface area contributed by atoms with E-state index in [1.165, 1.54) is 22.3 Å². The molecule has 1 heteroatoms. The Morgan fingerprint density at radius 3 is 1.47 bits per heavy atom. The van der Waals surface area contributed by atoms with Crippen LogP contribution in [0.5, 0.6) is 0 Å². The first-order valence-corrected chi connectivity index (χ1v) is 5.85. The Labute approximate surface area is 104 Å². The minimum Gasteiger partial charge on any atom is -0.399 e. The van der Waals surface area contributed by atoms with Gasteiger partial charge < -0.3 is 5.73 Å². The van der Waals surface area contributed by atoms with Crippen LogP contribution in [-0.2, 0) is 0 Å². The third kappa shape index (κ3) is 4.31. The zero-order chi connectivity index (χ0) is 12.8. The lowest BCUT2D eigenvalue weighted by Gasteiger charge is -1.98. The minimum absolute atomic E-state index is 0.845. The van der Waals surface area contributed by atoms with Crippen LogP contribution in [0.25, 0.3) is 0 Å². The van der Waals surface area contributed by atoms with Crippen LogP contribution in [0, 0.1) is 27.7 Å². The second-order valence-electron chi connectivity index (χ2n) is 4.43. The second kappa shape index (κ2) is 6.09. The number of anilines is 1. The molecule has 0 unspecified atom stereocenters. The summed E-state index contributed by atoms with van der Waals surface area (Å²) < 4.78 is 0. The molecule has 0 saturated heterocycles. The van der Waals surface area contributed by atoms with Crippen molar-refractivity contribution >= 4 is 5.69 Å². The fourth-order valence-electron chi connectivity index (χ4n) is 1.43. The quantitative estimate of drug-likeness (QED) is 0.671. The molecule has 0 bridgehead atoms. The average Bonchev–Trinajstić information content (AvgIpc) is 2.29. The standard InChI is InChI=1S/C8H11N.C8H10/c1-6-3-4-8(9)5-7(6)2;1-7-5-3-4-6-8(7)2/h3-5H,9H2,1-2H3;3-6H,1-2H3. The van der Waals surface area contributed by atoms with Gasteiger partial charge in [-0.1, -0.05) is 30.3 Å². The molecule has 17 heavy (non-hydrogen) atoms. The molecule has 0 saturated carbocycles. The van der Waals surface area contributed by atoms with E-state index in [4.69, 9.17) is 5.73 Å². The third-order valence-electron chi connectivity index (χ3n) is 2.96. The first-order chi connectivity index (χ1) is 8.00. The van der Waals surface area contributed by atoms with Crippen LogP contribution in [0.4, 0.5) is 5.69 Å². The molecule has 1 nitrogen and oxygen atoms in total. The number of rotatable bonds is 0. The van der Waals surface area contributed by atoms with Gasteiger partial charge in [-0.15, -0.1) is 0 Å². The van der Waals surface area contributed by atoms with Crippen molar-refractivity contribution in [3.05, 3.63) is 64.7 Å². The van der Waals surface area contributed by atoms with Crippen LogP contribution in [0.2, 0.25) is 0 Å². The van der Waals surface area contributed by atoms with E-state index in [0.717, 1.165) is 5.69 Å². The van der Waals surface area contributed by atoms with Gasteiger partial charge >= 0.3 is 0 Å². The number of hydrogen-bond donors (Lipinski definition) is 1. The highest BCUT2D eigenvalue weighted by atomic mass is 14.5. The van der Waals surface area contributed by atoms with E-state index in [2.05, 4.69) is 52.0 Å². The molecular weight excluding hydrogens is 206 g/mol. The van der Waals surface area contributed by atoms with Crippen molar-refractivity contribution < 1.29 is 0 Å². The van der Waals surface area contributed by atoms with Crippen molar-refractivity contribution in [2.75, 3.05) is 5.73 Å². The van der Waals surface area contributed by atoms with E-state index >= 15 is 0 Å². The Hall–Kier alpha value is -1.76. The van der Waals surface area contributed by atoms with Crippen molar-refractivity contribution in [3.63, 3.8) is 0 Å². The fraction of sp³-hybridized carbons (Fsp3) is 0.250. The van der Waals surface area contributed by atoms with Crippen molar-refractivity contribution in [1.29, 1.82) is 0 Å². The number of benzene rings is 2. The molecule has 0 radical (unpaired) electrons. The smallest absolute Gasteiger partial charge is 0.0316 e. The van der Waals surface area contributed by atoms with Gasteiger partial charge in [-0.05, 0) is 62.1 Å². The van der Waals surface area contributed by atoms with Gasteiger partial charge in [0, 0.05) is 5.69 Å². The van der Waals surface area contributed by atoms with Crippen LogP contribution in [0.1, 0.15) is 22.3 Å². The van der Waals surface area contributed by atoms with Gasteiger partial charge in [0.2, 0.25) is 0 Å². The van der Waals surface area contributed by atoms with Gasteiger partial charge in [0.15, 0.2) is 0 Å². The van der Waals surface area contributed by atoms with Crippen molar-refractivity contribution in [2.45, 2.75) is 27.7 Å². The summed E-state index contributed by atoms with van der Waals surface area (Å²) in [5, 5.41) is 0. The molecule has 0 aliphatic carbocycles. The lowest BCUT2D eigenvalue weighted by atomic mass is 10.1. The van der Waals surface area contributed by atoms with Gasteiger partial charge in [-0.25, -0.2) is 0 Å². The Balaban J connectivity index is 0.000000171. The van der Waals surface area contributed by atoms with E-state index in [1.54, 1.807) is 0 Å². The SMILES string of the molecule is Cc1ccc(N)cc1C.Cc1ccccc1C. The highest BCUT2D eigenvalue weighted by Gasteiger charge is 1.89. The number of aryl methyl sites for hydroxylation is 4. The summed E-state index contributed by atoms with van der Waals surface area (Å²) in [4.78, 5) is 0. The number of nitrogens with two attached hydrogens (primary N) is 1. The molecule has 0 amide bonds. The molecular formula is C16H21N. The molecule has 90 valence electrons. The molecule has 2 aromatic carbocycles. The summed E-state index contributed by atoms with van der Waals surface area (Å²) in [7, 11) is 0. The van der Waals surface area contributed by atoms with Gasteiger partial charge in [0.25, 0.3) is 0 Å². The molecule has 2 rings (SSSR count). The molecule has 0 aromatic heterocycles. The van der Waals surface area contributed by atoms with Crippen molar-refractivity contribution in [2.24, 2.45) is 0 Å². The van der Waals surface area contributed by atoms with Crippen LogP contribution in [-0.4, -0.2) is 0 Å². The van der Waals surface area contributed by atoms with E-state index < -0.39 is 0 Å². The summed E-state index contributed by atoms with van der Waals surface area (Å²) >= 11 is 0. The fourth-order valence-corrected chi connectivity index (χ4v) is 1.43. The van der Waals surface area contributed by atoms with Gasteiger partial charge in [-0.2, -0.15) is 0 Å². The van der Waals surface area contributed by atoms with Crippen molar-refractivity contribution in [1.82, 2.24) is 0 Å². The zero-order valence-electron chi connectivity index (χ0n) is 11.1. The van der Waals surface area contributed by atoms with Gasteiger partial charge in [0.1, 0.15) is 0 Å². The first kappa shape index (κ1) is 13.3. The van der Waals surface area contributed by atoms with E-state index in [0.29, 0.717) is 0 Å². The normalized spacial score (nSPS) is 9.41. The Morgan fingerprint density at radius 1 is 0.647 bits per heavy atom. The molecule has 0 aliphatic rings. The summed E-state index contributed by atoms with van der Waals surface area (Å²) in [5.74, 6) is 0. The summed E-state index contributed by atoms with van der Waals surface area (Å²) in [6.45, 7) is 8.38. The molecule has 2 N–H and O–H groups in total. The summed E-state index contributed by atoms with van der Waals surface area (Å²) in [5.41, 5.74) is 11.7. The summed E-state index contributed by atoms with van der Waals surface area (Å²) in [6.07, 6.45) is 0. The molecule has 0 aliphatic heterocycles. The van der Waals surface area contributed by atoms with Gasteiger partial charge in [0.05, 0.1) is 0 Å². The lowest BCUT2D eigenvalue weighted by molar-refractivity contribution is 1.34. The highest BCUT2D eigenvalue weighted by Crippen LogP contribution is 2.09. The average molecular weight is 227 g/mol. The Kier molecular flexibility index (Phi) is 4.77. The monoisotopic (exact) mass is 227 g/mol. The molecule has 0 fully saturated rings. The topological polar surface area (TPSA) is 26.0 Å². The molecule has 0 heterocycles. The molecule has 2 aromatic rings. The van der Waals surface area contributed by atoms with Crippen LogP contribution < -0.4 is 5.73 Å². The third-order valence-corrected chi connectivity index (χ3v) is 2.96. The van der Waals surface area contributed by atoms with Crippen LogP contribution >= 0.6 is 0 Å². The molecule has 0 spiro atoms. The predicted octanol–water partition coefficient (Wildman–Crippen LogP) is 4.19. The van der Waals surface area contributed by atoms with Crippen LogP contribution in [0.3, 0.4) is 0 Å². The minimum atomic E-state index is 0.845. The number of hydrogen-bond acceptors (Lipinski definition) is 1. The lowest BCUT2D eigenvalue weighted by Crippen LogP contribution is -1.86. The Bertz CT molecular complexity index is 466. The maximum absolute atomic E-state index is 5.53. The van der Waals surface area contributed by atoms with Gasteiger partial charge in [-0.3, -0.25) is 0 Å². The van der Waals surface area contributed by atoms with E-state index in [1.807, 2.05) is 18.2 Å². The van der Waals surface area contributed by atoms with E-state index in [9.17, 15) is 0 Å². The predicted molar refractivity (Wildman–Crippen MR) is 76.2 cm³/mol. The highest BCUT2D eigenvalue weighted by molar-refractivity contribution is 5.43. The summed E-state index contributed by atoms with van der Waals surface area (Å²) in [6, 6.07) is 14.3. The number of nitrogen functional groups attached to an aromatic ring is 1. The zero-order valence-corrected chi connectivity index (χ0v) is 11.1. The van der Waals surface area contributed by atoms with E-state index in [-0.39, 0.29) is 0 Å². The second-order valence-corrected chi connectivity index (χ2v) is 4.43. The maximum Gasteiger partial charge on any atom is 0.0316 e.